The molecule has 3 fully saturated rings. The lowest BCUT2D eigenvalue weighted by Crippen LogP contribution is -2.43. The molecule has 0 amide bonds. The van der Waals surface area contributed by atoms with E-state index in [1.807, 2.05) is 0 Å². The molecule has 2 heteroatoms. The molecule has 3 unspecified atom stereocenters. The minimum atomic E-state index is 0.515. The molecule has 0 aromatic heterocycles. The summed E-state index contributed by atoms with van der Waals surface area (Å²) < 4.78 is 0. The highest BCUT2D eigenvalue weighted by atomic mass is 15.1. The molecule has 3 rings (SSSR count). The first-order valence-corrected chi connectivity index (χ1v) is 7.15. The van der Waals surface area contributed by atoms with E-state index in [1.165, 1.54) is 45.2 Å². The Kier molecular flexibility index (Phi) is 2.97. The molecular weight excluding hydrogens is 196 g/mol. The molecule has 0 spiro atoms. The predicted molar refractivity (Wildman–Crippen MR) is 67.1 cm³/mol. The van der Waals surface area contributed by atoms with Crippen LogP contribution in [-0.4, -0.2) is 31.1 Å². The highest BCUT2D eigenvalue weighted by Gasteiger charge is 2.39. The van der Waals surface area contributed by atoms with Gasteiger partial charge < -0.3 is 10.6 Å². The van der Waals surface area contributed by atoms with Crippen LogP contribution in [0.5, 0.6) is 0 Å². The Morgan fingerprint density at radius 3 is 2.44 bits per heavy atom. The fraction of sp³-hybridized carbons (Fsp3) is 1.00. The summed E-state index contributed by atoms with van der Waals surface area (Å²) in [6, 6.07) is 0.515. The van der Waals surface area contributed by atoms with Crippen molar-refractivity contribution in [3.05, 3.63) is 0 Å². The molecule has 0 saturated heterocycles. The van der Waals surface area contributed by atoms with Gasteiger partial charge in [-0.05, 0) is 62.8 Å². The van der Waals surface area contributed by atoms with Crippen LogP contribution in [0.3, 0.4) is 0 Å². The minimum Gasteiger partial charge on any atom is -0.328 e. The molecule has 2 N–H and O–H groups in total. The van der Waals surface area contributed by atoms with Crippen molar-refractivity contribution in [2.75, 3.05) is 20.1 Å². The van der Waals surface area contributed by atoms with E-state index >= 15 is 0 Å². The molecule has 2 bridgehead atoms. The van der Waals surface area contributed by atoms with Gasteiger partial charge in [-0.1, -0.05) is 6.42 Å². The van der Waals surface area contributed by atoms with Crippen molar-refractivity contribution in [2.45, 2.75) is 44.6 Å². The number of fused-ring (bicyclic) bond motifs is 2. The summed E-state index contributed by atoms with van der Waals surface area (Å²) in [4.78, 5) is 2.59. The molecule has 0 aromatic carbocycles. The lowest BCUT2D eigenvalue weighted by molar-refractivity contribution is 0.150. The maximum absolute atomic E-state index is 5.84. The fourth-order valence-electron chi connectivity index (χ4n) is 4.45. The second-order valence-electron chi connectivity index (χ2n) is 6.75. The van der Waals surface area contributed by atoms with Gasteiger partial charge in [-0.15, -0.1) is 0 Å². The van der Waals surface area contributed by atoms with Gasteiger partial charge in [-0.25, -0.2) is 0 Å². The number of nitrogens with zero attached hydrogens (tertiary/aromatic N) is 1. The van der Waals surface area contributed by atoms with E-state index in [0.717, 1.165) is 23.7 Å². The van der Waals surface area contributed by atoms with E-state index < -0.39 is 0 Å². The Morgan fingerprint density at radius 1 is 1.06 bits per heavy atom. The van der Waals surface area contributed by atoms with Crippen molar-refractivity contribution in [2.24, 2.45) is 29.4 Å². The number of rotatable bonds is 4. The van der Waals surface area contributed by atoms with Crippen LogP contribution in [0, 0.1) is 23.7 Å². The summed E-state index contributed by atoms with van der Waals surface area (Å²) in [5, 5.41) is 0. The van der Waals surface area contributed by atoms with Gasteiger partial charge in [0.25, 0.3) is 0 Å². The average molecular weight is 222 g/mol. The molecule has 3 aliphatic carbocycles. The molecule has 2 nitrogen and oxygen atoms in total. The molecule has 92 valence electrons. The third-order valence-corrected chi connectivity index (χ3v) is 5.27. The van der Waals surface area contributed by atoms with Crippen molar-refractivity contribution < 1.29 is 0 Å². The van der Waals surface area contributed by atoms with Gasteiger partial charge in [0.1, 0.15) is 0 Å². The maximum Gasteiger partial charge on any atom is 0.00450 e. The summed E-state index contributed by atoms with van der Waals surface area (Å²) >= 11 is 0. The van der Waals surface area contributed by atoms with Gasteiger partial charge >= 0.3 is 0 Å². The maximum atomic E-state index is 5.84. The lowest BCUT2D eigenvalue weighted by atomic mass is 9.80. The van der Waals surface area contributed by atoms with Crippen LogP contribution in [0.15, 0.2) is 0 Å². The van der Waals surface area contributed by atoms with Gasteiger partial charge in [0.2, 0.25) is 0 Å². The third kappa shape index (κ3) is 2.14. The van der Waals surface area contributed by atoms with Gasteiger partial charge in [0, 0.05) is 19.1 Å². The van der Waals surface area contributed by atoms with Crippen molar-refractivity contribution in [3.63, 3.8) is 0 Å². The zero-order valence-electron chi connectivity index (χ0n) is 10.6. The van der Waals surface area contributed by atoms with Crippen molar-refractivity contribution in [1.82, 2.24) is 4.90 Å². The SMILES string of the molecule is CN(CC1CC(N)C1)CC1CC2CCC1C2. The molecular formula is C14H26N2. The molecule has 3 atom stereocenters. The van der Waals surface area contributed by atoms with E-state index in [1.54, 1.807) is 6.42 Å². The van der Waals surface area contributed by atoms with E-state index in [9.17, 15) is 0 Å². The zero-order valence-corrected chi connectivity index (χ0v) is 10.6. The van der Waals surface area contributed by atoms with E-state index in [2.05, 4.69) is 11.9 Å². The second kappa shape index (κ2) is 4.30. The van der Waals surface area contributed by atoms with E-state index in [4.69, 9.17) is 5.73 Å². The summed E-state index contributed by atoms with van der Waals surface area (Å²) in [6.07, 6.45) is 8.66. The molecule has 0 aromatic rings. The molecule has 0 aliphatic heterocycles. The average Bonchev–Trinajstić information content (AvgIpc) is 2.76. The summed E-state index contributed by atoms with van der Waals surface area (Å²) in [6.45, 7) is 2.65. The first kappa shape index (κ1) is 11.0. The summed E-state index contributed by atoms with van der Waals surface area (Å²) in [5.74, 6) is 4.10. The number of hydrogen-bond acceptors (Lipinski definition) is 2. The van der Waals surface area contributed by atoms with Crippen molar-refractivity contribution >= 4 is 0 Å². The number of hydrogen-bond donors (Lipinski definition) is 1. The number of nitrogens with two attached hydrogens (primary N) is 1. The van der Waals surface area contributed by atoms with Gasteiger partial charge in [0.05, 0.1) is 0 Å². The van der Waals surface area contributed by atoms with Crippen molar-refractivity contribution in [1.29, 1.82) is 0 Å². The monoisotopic (exact) mass is 222 g/mol. The normalized spacial score (nSPS) is 46.3. The Bertz CT molecular complexity index is 247. The topological polar surface area (TPSA) is 29.3 Å². The quantitative estimate of drug-likeness (QED) is 0.789. The largest absolute Gasteiger partial charge is 0.328 e. The standard InChI is InChI=1S/C14H26N2/c1-16(8-11-6-14(15)7-11)9-13-5-10-2-3-12(13)4-10/h10-14H,2-9,15H2,1H3. The smallest absolute Gasteiger partial charge is 0.00450 e. The van der Waals surface area contributed by atoms with Crippen LogP contribution in [-0.2, 0) is 0 Å². The van der Waals surface area contributed by atoms with Crippen LogP contribution in [0.2, 0.25) is 0 Å². The van der Waals surface area contributed by atoms with Crippen LogP contribution in [0.1, 0.15) is 38.5 Å². The fourth-order valence-corrected chi connectivity index (χ4v) is 4.45. The Labute approximate surface area is 99.6 Å². The zero-order chi connectivity index (χ0) is 11.1. The van der Waals surface area contributed by atoms with Gasteiger partial charge in [-0.3, -0.25) is 0 Å². The van der Waals surface area contributed by atoms with Crippen LogP contribution < -0.4 is 5.73 Å². The summed E-state index contributed by atoms with van der Waals surface area (Å²) in [7, 11) is 2.32. The van der Waals surface area contributed by atoms with Gasteiger partial charge in [-0.2, -0.15) is 0 Å². The van der Waals surface area contributed by atoms with Crippen molar-refractivity contribution in [3.8, 4) is 0 Å². The minimum absolute atomic E-state index is 0.515. The van der Waals surface area contributed by atoms with E-state index in [0.29, 0.717) is 6.04 Å². The van der Waals surface area contributed by atoms with E-state index in [-0.39, 0.29) is 0 Å². The molecule has 16 heavy (non-hydrogen) atoms. The van der Waals surface area contributed by atoms with Crippen LogP contribution >= 0.6 is 0 Å². The highest BCUT2D eigenvalue weighted by Crippen LogP contribution is 2.48. The Morgan fingerprint density at radius 2 is 1.88 bits per heavy atom. The third-order valence-electron chi connectivity index (χ3n) is 5.27. The lowest BCUT2D eigenvalue weighted by Gasteiger charge is -2.36. The van der Waals surface area contributed by atoms with Gasteiger partial charge in [0.15, 0.2) is 0 Å². The first-order chi connectivity index (χ1) is 7.70. The summed E-state index contributed by atoms with van der Waals surface area (Å²) in [5.41, 5.74) is 5.84. The van der Waals surface area contributed by atoms with Crippen LogP contribution in [0.25, 0.3) is 0 Å². The molecule has 0 heterocycles. The first-order valence-electron chi connectivity index (χ1n) is 7.15. The predicted octanol–water partition coefficient (Wildman–Crippen LogP) is 2.09. The Hall–Kier alpha value is -0.0800. The molecule has 3 aliphatic rings. The molecule has 0 radical (unpaired) electrons. The highest BCUT2D eigenvalue weighted by molar-refractivity contribution is 4.91. The van der Waals surface area contributed by atoms with Crippen LogP contribution in [0.4, 0.5) is 0 Å². The Balaban J connectivity index is 1.41. The molecule has 3 saturated carbocycles. The second-order valence-corrected chi connectivity index (χ2v) is 6.75.